The van der Waals surface area contributed by atoms with Gasteiger partial charge in [0.05, 0.1) is 6.42 Å². The number of fused-ring (bicyclic) bond motifs is 1. The molecule has 102 valence electrons. The predicted molar refractivity (Wildman–Crippen MR) is 76.1 cm³/mol. The normalized spacial score (nSPS) is 12.2. The van der Waals surface area contributed by atoms with Crippen LogP contribution in [-0.2, 0) is 11.2 Å². The minimum absolute atomic E-state index is 0.0140. The molecule has 0 fully saturated rings. The average molecular weight is 269 g/mol. The van der Waals surface area contributed by atoms with Crippen molar-refractivity contribution in [3.63, 3.8) is 0 Å². The third-order valence-electron chi connectivity index (χ3n) is 3.34. The smallest absolute Gasteiger partial charge is 0.231 e. The lowest BCUT2D eigenvalue weighted by atomic mass is 10.1. The first kappa shape index (κ1) is 12.5. The quantitative estimate of drug-likeness (QED) is 0.859. The first-order valence-electron chi connectivity index (χ1n) is 6.45. The van der Waals surface area contributed by atoms with Gasteiger partial charge in [0, 0.05) is 18.3 Å². The van der Waals surface area contributed by atoms with Crippen molar-refractivity contribution < 1.29 is 14.3 Å². The number of anilines is 1. The van der Waals surface area contributed by atoms with Gasteiger partial charge in [-0.25, -0.2) is 0 Å². The van der Waals surface area contributed by atoms with E-state index in [1.807, 2.05) is 48.5 Å². The number of rotatable bonds is 3. The second kappa shape index (κ2) is 5.25. The monoisotopic (exact) mass is 269 g/mol. The van der Waals surface area contributed by atoms with Crippen LogP contribution in [0.2, 0.25) is 0 Å². The fraction of sp³-hybridized carbons (Fsp3) is 0.188. The lowest BCUT2D eigenvalue weighted by Crippen LogP contribution is -2.27. The van der Waals surface area contributed by atoms with Gasteiger partial charge in [-0.15, -0.1) is 0 Å². The standard InChI is InChI=1S/C16H15NO3/c1-17(13-7-3-2-4-8-13)15(18)10-12-6-5-9-14-16(12)20-11-19-14/h2-9H,10-11H2,1H3. The van der Waals surface area contributed by atoms with Crippen molar-refractivity contribution in [2.75, 3.05) is 18.7 Å². The molecule has 4 heteroatoms. The Bertz CT molecular complexity index is 625. The fourth-order valence-corrected chi connectivity index (χ4v) is 2.21. The number of nitrogens with zero attached hydrogens (tertiary/aromatic N) is 1. The van der Waals surface area contributed by atoms with Crippen molar-refractivity contribution in [3.05, 3.63) is 54.1 Å². The molecule has 4 nitrogen and oxygen atoms in total. The van der Waals surface area contributed by atoms with Crippen molar-refractivity contribution in [2.45, 2.75) is 6.42 Å². The van der Waals surface area contributed by atoms with E-state index in [2.05, 4.69) is 0 Å². The van der Waals surface area contributed by atoms with E-state index in [1.54, 1.807) is 11.9 Å². The highest BCUT2D eigenvalue weighted by molar-refractivity contribution is 5.94. The Kier molecular flexibility index (Phi) is 3.29. The number of hydrogen-bond acceptors (Lipinski definition) is 3. The van der Waals surface area contributed by atoms with Gasteiger partial charge >= 0.3 is 0 Å². The van der Waals surface area contributed by atoms with Crippen LogP contribution >= 0.6 is 0 Å². The molecular formula is C16H15NO3. The molecule has 3 rings (SSSR count). The lowest BCUT2D eigenvalue weighted by Gasteiger charge is -2.17. The maximum absolute atomic E-state index is 12.3. The largest absolute Gasteiger partial charge is 0.454 e. The van der Waals surface area contributed by atoms with E-state index in [1.165, 1.54) is 0 Å². The van der Waals surface area contributed by atoms with Gasteiger partial charge in [-0.05, 0) is 18.2 Å². The zero-order valence-electron chi connectivity index (χ0n) is 11.2. The Labute approximate surface area is 117 Å². The van der Waals surface area contributed by atoms with E-state index >= 15 is 0 Å². The van der Waals surface area contributed by atoms with Crippen LogP contribution in [0.3, 0.4) is 0 Å². The molecule has 0 aliphatic carbocycles. The van der Waals surface area contributed by atoms with Crippen LogP contribution in [0.5, 0.6) is 11.5 Å². The fourth-order valence-electron chi connectivity index (χ4n) is 2.21. The zero-order valence-corrected chi connectivity index (χ0v) is 11.2. The summed E-state index contributed by atoms with van der Waals surface area (Å²) in [6.07, 6.45) is 0.290. The van der Waals surface area contributed by atoms with Crippen LogP contribution in [-0.4, -0.2) is 19.7 Å². The minimum atomic E-state index is 0.0140. The Morgan fingerprint density at radius 1 is 1.10 bits per heavy atom. The molecular weight excluding hydrogens is 254 g/mol. The molecule has 20 heavy (non-hydrogen) atoms. The molecule has 0 atom stereocenters. The highest BCUT2D eigenvalue weighted by Crippen LogP contribution is 2.35. The van der Waals surface area contributed by atoms with E-state index in [4.69, 9.17) is 9.47 Å². The molecule has 2 aromatic rings. The van der Waals surface area contributed by atoms with Crippen LogP contribution < -0.4 is 14.4 Å². The Morgan fingerprint density at radius 2 is 1.90 bits per heavy atom. The molecule has 0 radical (unpaired) electrons. The summed E-state index contributed by atoms with van der Waals surface area (Å²) in [6, 6.07) is 15.2. The first-order chi connectivity index (χ1) is 9.75. The molecule has 0 aromatic heterocycles. The van der Waals surface area contributed by atoms with Crippen LogP contribution in [0.25, 0.3) is 0 Å². The Hall–Kier alpha value is -2.49. The predicted octanol–water partition coefficient (Wildman–Crippen LogP) is 2.62. The third-order valence-corrected chi connectivity index (χ3v) is 3.34. The van der Waals surface area contributed by atoms with Crippen LogP contribution in [0.4, 0.5) is 5.69 Å². The van der Waals surface area contributed by atoms with Gasteiger partial charge < -0.3 is 14.4 Å². The van der Waals surface area contributed by atoms with Crippen LogP contribution in [0.1, 0.15) is 5.56 Å². The molecule has 0 bridgehead atoms. The van der Waals surface area contributed by atoms with Crippen molar-refractivity contribution in [1.82, 2.24) is 0 Å². The van der Waals surface area contributed by atoms with E-state index in [0.717, 1.165) is 11.3 Å². The minimum Gasteiger partial charge on any atom is -0.454 e. The van der Waals surface area contributed by atoms with Crippen molar-refractivity contribution >= 4 is 11.6 Å². The lowest BCUT2D eigenvalue weighted by molar-refractivity contribution is -0.117. The number of hydrogen-bond donors (Lipinski definition) is 0. The van der Waals surface area contributed by atoms with Gasteiger partial charge in [-0.1, -0.05) is 30.3 Å². The van der Waals surface area contributed by atoms with Gasteiger partial charge in [-0.3, -0.25) is 4.79 Å². The van der Waals surface area contributed by atoms with E-state index in [0.29, 0.717) is 11.5 Å². The number of carbonyl (C=O) groups excluding carboxylic acids is 1. The Balaban J connectivity index is 1.78. The Morgan fingerprint density at radius 3 is 2.70 bits per heavy atom. The SMILES string of the molecule is CN(C(=O)Cc1cccc2c1OCO2)c1ccccc1. The van der Waals surface area contributed by atoms with E-state index in [-0.39, 0.29) is 19.1 Å². The van der Waals surface area contributed by atoms with Gasteiger partial charge in [0.1, 0.15) is 0 Å². The van der Waals surface area contributed by atoms with Gasteiger partial charge in [0.2, 0.25) is 12.7 Å². The summed E-state index contributed by atoms with van der Waals surface area (Å²) in [5, 5.41) is 0. The van der Waals surface area contributed by atoms with E-state index < -0.39 is 0 Å². The van der Waals surface area contributed by atoms with Crippen molar-refractivity contribution in [2.24, 2.45) is 0 Å². The highest BCUT2D eigenvalue weighted by Gasteiger charge is 2.20. The molecule has 1 aliphatic rings. The van der Waals surface area contributed by atoms with Crippen molar-refractivity contribution in [3.8, 4) is 11.5 Å². The van der Waals surface area contributed by atoms with Crippen molar-refractivity contribution in [1.29, 1.82) is 0 Å². The summed E-state index contributed by atoms with van der Waals surface area (Å²) in [4.78, 5) is 14.0. The number of benzene rings is 2. The van der Waals surface area contributed by atoms with E-state index in [9.17, 15) is 4.79 Å². The summed E-state index contributed by atoms with van der Waals surface area (Å²) in [7, 11) is 1.78. The summed E-state index contributed by atoms with van der Waals surface area (Å²) in [6.45, 7) is 0.217. The average Bonchev–Trinajstić information content (AvgIpc) is 2.97. The van der Waals surface area contributed by atoms with Gasteiger partial charge in [0.15, 0.2) is 11.5 Å². The molecule has 0 spiro atoms. The summed E-state index contributed by atoms with van der Waals surface area (Å²) >= 11 is 0. The molecule has 0 unspecified atom stereocenters. The van der Waals surface area contributed by atoms with Crippen LogP contribution in [0.15, 0.2) is 48.5 Å². The second-order valence-corrected chi connectivity index (χ2v) is 4.62. The summed E-state index contributed by atoms with van der Waals surface area (Å²) in [5.74, 6) is 1.40. The van der Waals surface area contributed by atoms with Gasteiger partial charge in [-0.2, -0.15) is 0 Å². The number of amides is 1. The van der Waals surface area contributed by atoms with Crippen LogP contribution in [0, 0.1) is 0 Å². The number of likely N-dealkylation sites (N-methyl/N-ethyl adjacent to an activating group) is 1. The summed E-state index contributed by atoms with van der Waals surface area (Å²) < 4.78 is 10.7. The molecule has 0 saturated heterocycles. The third kappa shape index (κ3) is 2.32. The molecule has 1 aliphatic heterocycles. The molecule has 1 amide bonds. The maximum atomic E-state index is 12.3. The molecule has 1 heterocycles. The molecule has 2 aromatic carbocycles. The maximum Gasteiger partial charge on any atom is 0.231 e. The number of carbonyl (C=O) groups is 1. The first-order valence-corrected chi connectivity index (χ1v) is 6.45. The molecule has 0 N–H and O–H groups in total. The molecule has 0 saturated carbocycles. The summed E-state index contributed by atoms with van der Waals surface area (Å²) in [5.41, 5.74) is 1.73. The zero-order chi connectivity index (χ0) is 13.9. The number of para-hydroxylation sites is 2. The van der Waals surface area contributed by atoms with Gasteiger partial charge in [0.25, 0.3) is 0 Å². The number of ether oxygens (including phenoxy) is 2. The topological polar surface area (TPSA) is 38.8 Å². The highest BCUT2D eigenvalue weighted by atomic mass is 16.7. The second-order valence-electron chi connectivity index (χ2n) is 4.62.